The van der Waals surface area contributed by atoms with Crippen molar-refractivity contribution in [3.05, 3.63) is 81.8 Å². The molecular formula is C24H29N3O2S. The summed E-state index contributed by atoms with van der Waals surface area (Å²) in [6, 6.07) is 16.7. The van der Waals surface area contributed by atoms with Gasteiger partial charge >= 0.3 is 0 Å². The van der Waals surface area contributed by atoms with Gasteiger partial charge in [0.05, 0.1) is 6.54 Å². The lowest BCUT2D eigenvalue weighted by atomic mass is 10.00. The smallest absolute Gasteiger partial charge is 0.119 e. The van der Waals surface area contributed by atoms with Crippen LogP contribution in [0.1, 0.15) is 21.7 Å². The lowest BCUT2D eigenvalue weighted by molar-refractivity contribution is 0.0637. The Kier molecular flexibility index (Phi) is 7.12. The zero-order valence-corrected chi connectivity index (χ0v) is 18.2. The van der Waals surface area contributed by atoms with Gasteiger partial charge in [0, 0.05) is 37.8 Å². The van der Waals surface area contributed by atoms with Gasteiger partial charge in [0.2, 0.25) is 0 Å². The Morgan fingerprint density at radius 3 is 2.87 bits per heavy atom. The first-order valence-electron chi connectivity index (χ1n) is 10.4. The Labute approximate surface area is 182 Å². The summed E-state index contributed by atoms with van der Waals surface area (Å²) in [7, 11) is 2.09. The molecule has 1 aliphatic heterocycles. The van der Waals surface area contributed by atoms with Crippen LogP contribution in [0.3, 0.4) is 0 Å². The maximum atomic E-state index is 10.5. The molecule has 1 unspecified atom stereocenters. The molecule has 0 amide bonds. The van der Waals surface area contributed by atoms with Crippen LogP contribution >= 0.6 is 11.3 Å². The van der Waals surface area contributed by atoms with E-state index in [0.29, 0.717) is 13.2 Å². The highest BCUT2D eigenvalue weighted by Gasteiger charge is 2.18. The van der Waals surface area contributed by atoms with Crippen LogP contribution in [0.15, 0.2) is 60.1 Å². The molecule has 0 radical (unpaired) electrons. The van der Waals surface area contributed by atoms with Crippen molar-refractivity contribution in [1.29, 1.82) is 0 Å². The molecule has 3 aromatic rings. The first-order valence-corrected chi connectivity index (χ1v) is 11.3. The largest absolute Gasteiger partial charge is 0.491 e. The standard InChI is InChI=1S/C24H29N3O2S/c1-26(17-24-25-10-12-30-24)14-19-5-4-8-23(13-19)29-18-22(28)16-27-11-9-20-6-2-3-7-21(20)15-27/h2-8,10,12-13,22,28H,9,11,14-18H2,1H3. The first-order chi connectivity index (χ1) is 14.7. The van der Waals surface area contributed by atoms with E-state index >= 15 is 0 Å². The van der Waals surface area contributed by atoms with E-state index in [1.165, 1.54) is 16.7 Å². The molecule has 2 heterocycles. The van der Waals surface area contributed by atoms with Gasteiger partial charge in [-0.1, -0.05) is 36.4 Å². The molecule has 5 nitrogen and oxygen atoms in total. The van der Waals surface area contributed by atoms with Crippen LogP contribution in [-0.4, -0.2) is 52.7 Å². The van der Waals surface area contributed by atoms with Gasteiger partial charge in [0.25, 0.3) is 0 Å². The molecular weight excluding hydrogens is 394 g/mol. The molecule has 1 aromatic heterocycles. The van der Waals surface area contributed by atoms with E-state index in [4.69, 9.17) is 4.74 Å². The van der Waals surface area contributed by atoms with Gasteiger partial charge in [-0.05, 0) is 42.3 Å². The molecule has 1 aliphatic rings. The number of thiazole rings is 1. The number of β-amino-alcohol motifs (C(OH)–C–C–N with tert-alkyl or cyclic N) is 1. The van der Waals surface area contributed by atoms with Crippen molar-refractivity contribution in [2.24, 2.45) is 0 Å². The second-order valence-electron chi connectivity index (χ2n) is 7.96. The summed E-state index contributed by atoms with van der Waals surface area (Å²) in [5.74, 6) is 0.804. The molecule has 1 N–H and O–H groups in total. The number of aliphatic hydroxyl groups excluding tert-OH is 1. The Morgan fingerprint density at radius 1 is 1.17 bits per heavy atom. The average molecular weight is 424 g/mol. The number of benzene rings is 2. The topological polar surface area (TPSA) is 48.8 Å². The zero-order valence-electron chi connectivity index (χ0n) is 17.4. The SMILES string of the molecule is CN(Cc1cccc(OCC(O)CN2CCc3ccccc3C2)c1)Cc1nccs1. The number of nitrogens with zero attached hydrogens (tertiary/aromatic N) is 3. The normalized spacial score (nSPS) is 15.2. The average Bonchev–Trinajstić information content (AvgIpc) is 3.25. The number of fused-ring (bicyclic) bond motifs is 1. The van der Waals surface area contributed by atoms with Gasteiger partial charge in [-0.15, -0.1) is 11.3 Å². The van der Waals surface area contributed by atoms with Gasteiger partial charge in [0.1, 0.15) is 23.5 Å². The van der Waals surface area contributed by atoms with E-state index in [-0.39, 0.29) is 0 Å². The van der Waals surface area contributed by atoms with Crippen LogP contribution in [0.2, 0.25) is 0 Å². The third kappa shape index (κ3) is 5.89. The third-order valence-corrected chi connectivity index (χ3v) is 6.13. The van der Waals surface area contributed by atoms with Crippen LogP contribution in [0.4, 0.5) is 0 Å². The Morgan fingerprint density at radius 2 is 2.03 bits per heavy atom. The highest BCUT2D eigenvalue weighted by Crippen LogP contribution is 2.19. The number of aliphatic hydroxyl groups is 1. The molecule has 0 bridgehead atoms. The quantitative estimate of drug-likeness (QED) is 0.570. The predicted molar refractivity (Wildman–Crippen MR) is 121 cm³/mol. The lowest BCUT2D eigenvalue weighted by Gasteiger charge is -2.30. The maximum absolute atomic E-state index is 10.5. The van der Waals surface area contributed by atoms with Gasteiger partial charge in [-0.2, -0.15) is 0 Å². The molecule has 30 heavy (non-hydrogen) atoms. The molecule has 0 fully saturated rings. The Hall–Kier alpha value is -2.25. The summed E-state index contributed by atoms with van der Waals surface area (Å²) in [5, 5.41) is 13.6. The van der Waals surface area contributed by atoms with Gasteiger partial charge in [-0.25, -0.2) is 4.98 Å². The fourth-order valence-electron chi connectivity index (χ4n) is 3.92. The molecule has 0 saturated carbocycles. The van der Waals surface area contributed by atoms with Crippen molar-refractivity contribution in [1.82, 2.24) is 14.8 Å². The molecule has 1 atom stereocenters. The number of rotatable bonds is 9. The molecule has 2 aromatic carbocycles. The van der Waals surface area contributed by atoms with E-state index < -0.39 is 6.10 Å². The zero-order chi connectivity index (χ0) is 20.8. The predicted octanol–water partition coefficient (Wildman–Crippen LogP) is 3.57. The summed E-state index contributed by atoms with van der Waals surface area (Å²) in [5.41, 5.74) is 3.98. The minimum Gasteiger partial charge on any atom is -0.491 e. The molecule has 158 valence electrons. The molecule has 4 rings (SSSR count). The number of hydrogen-bond donors (Lipinski definition) is 1. The van der Waals surface area contributed by atoms with Crippen LogP contribution in [0.25, 0.3) is 0 Å². The second-order valence-corrected chi connectivity index (χ2v) is 8.94. The van der Waals surface area contributed by atoms with E-state index in [2.05, 4.69) is 58.2 Å². The number of aromatic nitrogens is 1. The highest BCUT2D eigenvalue weighted by atomic mass is 32.1. The molecule has 6 heteroatoms. The molecule has 0 saturated heterocycles. The minimum absolute atomic E-state index is 0.302. The van der Waals surface area contributed by atoms with Crippen LogP contribution in [0.5, 0.6) is 5.75 Å². The number of hydrogen-bond acceptors (Lipinski definition) is 6. The Bertz CT molecular complexity index is 932. The van der Waals surface area contributed by atoms with Crippen LogP contribution < -0.4 is 4.74 Å². The van der Waals surface area contributed by atoms with Gasteiger partial charge in [-0.3, -0.25) is 9.80 Å². The fourth-order valence-corrected chi connectivity index (χ4v) is 4.61. The van der Waals surface area contributed by atoms with Crippen molar-refractivity contribution in [2.45, 2.75) is 32.2 Å². The van der Waals surface area contributed by atoms with Crippen LogP contribution in [-0.2, 0) is 26.1 Å². The highest BCUT2D eigenvalue weighted by molar-refractivity contribution is 7.09. The molecule has 0 aliphatic carbocycles. The van der Waals surface area contributed by atoms with Gasteiger partial charge < -0.3 is 9.84 Å². The van der Waals surface area contributed by atoms with E-state index in [9.17, 15) is 5.11 Å². The minimum atomic E-state index is -0.508. The van der Waals surface area contributed by atoms with E-state index in [0.717, 1.165) is 43.4 Å². The summed E-state index contributed by atoms with van der Waals surface area (Å²) >= 11 is 1.68. The van der Waals surface area contributed by atoms with E-state index in [1.54, 1.807) is 11.3 Å². The van der Waals surface area contributed by atoms with Crippen molar-refractivity contribution in [3.63, 3.8) is 0 Å². The maximum Gasteiger partial charge on any atom is 0.119 e. The lowest BCUT2D eigenvalue weighted by Crippen LogP contribution is -2.38. The van der Waals surface area contributed by atoms with Gasteiger partial charge in [0.15, 0.2) is 0 Å². The van der Waals surface area contributed by atoms with Crippen molar-refractivity contribution < 1.29 is 9.84 Å². The first kappa shape index (κ1) is 21.0. The Balaban J connectivity index is 1.24. The second kappa shape index (κ2) is 10.2. The summed E-state index contributed by atoms with van der Waals surface area (Å²) in [6.07, 6.45) is 2.38. The van der Waals surface area contributed by atoms with Crippen molar-refractivity contribution >= 4 is 11.3 Å². The monoisotopic (exact) mass is 423 g/mol. The van der Waals surface area contributed by atoms with Crippen LogP contribution in [0, 0.1) is 0 Å². The molecule has 0 spiro atoms. The summed E-state index contributed by atoms with van der Waals surface area (Å²) in [4.78, 5) is 8.89. The summed E-state index contributed by atoms with van der Waals surface area (Å²) < 4.78 is 5.90. The van der Waals surface area contributed by atoms with E-state index in [1.807, 2.05) is 23.7 Å². The third-order valence-electron chi connectivity index (χ3n) is 5.36. The van der Waals surface area contributed by atoms with Crippen molar-refractivity contribution in [2.75, 3.05) is 26.7 Å². The number of ether oxygens (including phenoxy) is 1. The fraction of sp³-hybridized carbons (Fsp3) is 0.375. The van der Waals surface area contributed by atoms with Crippen molar-refractivity contribution in [3.8, 4) is 5.75 Å². The summed E-state index contributed by atoms with van der Waals surface area (Å²) in [6.45, 7) is 4.47.